The van der Waals surface area contributed by atoms with Crippen molar-refractivity contribution >= 4 is 38.6 Å². The average molecular weight is 441 g/mol. The molecule has 1 aliphatic rings. The number of aromatic nitrogens is 2. The van der Waals surface area contributed by atoms with Gasteiger partial charge in [0.15, 0.2) is 5.82 Å². The number of nitrogens with zero attached hydrogens (tertiary/aromatic N) is 5. The van der Waals surface area contributed by atoms with Crippen LogP contribution in [0.5, 0.6) is 0 Å². The Kier molecular flexibility index (Phi) is 4.94. The summed E-state index contributed by atoms with van der Waals surface area (Å²) in [6.45, 7) is 17.1. The highest BCUT2D eigenvalue weighted by Crippen LogP contribution is 2.41. The molecule has 5 rings (SSSR count). The molecule has 1 saturated heterocycles. The number of hydrogen-bond donors (Lipinski definition) is 1. The third kappa shape index (κ3) is 3.10. The van der Waals surface area contributed by atoms with Crippen molar-refractivity contribution in [1.82, 2.24) is 19.4 Å². The van der Waals surface area contributed by atoms with E-state index in [1.54, 1.807) is 12.3 Å². The molecular formula is C26H25FN6. The first-order valence-corrected chi connectivity index (χ1v) is 10.9. The molecule has 2 aromatic heterocycles. The van der Waals surface area contributed by atoms with Gasteiger partial charge in [-0.2, -0.15) is 10.4 Å². The van der Waals surface area contributed by atoms with E-state index in [0.717, 1.165) is 59.4 Å². The number of rotatable bonds is 6. The standard InChI is InChI=1S/C26H25FN6/c1-5-17(3)31-10-12-32(13-11-31)18(4)20-14-21-23(24(27)25(20)29-9-8-28)22-16(2)6-7-19-15-30-33(21)26(19)22/h5-7,14-15,29H,1,3-4,9-13H2,2H3. The number of nitrogens with one attached hydrogen (secondary N) is 1. The quantitative estimate of drug-likeness (QED) is 0.346. The molecule has 33 heavy (non-hydrogen) atoms. The van der Waals surface area contributed by atoms with Gasteiger partial charge in [0.1, 0.15) is 6.54 Å². The first-order valence-electron chi connectivity index (χ1n) is 10.9. The van der Waals surface area contributed by atoms with Gasteiger partial charge < -0.3 is 15.1 Å². The summed E-state index contributed by atoms with van der Waals surface area (Å²) in [5.41, 5.74) is 5.16. The lowest BCUT2D eigenvalue weighted by molar-refractivity contribution is 0.219. The molecule has 6 nitrogen and oxygen atoms in total. The van der Waals surface area contributed by atoms with E-state index in [0.29, 0.717) is 22.2 Å². The molecule has 0 bridgehead atoms. The Morgan fingerprint density at radius 2 is 1.94 bits per heavy atom. The number of hydrogen-bond acceptors (Lipinski definition) is 5. The second-order valence-electron chi connectivity index (χ2n) is 8.39. The molecule has 1 N–H and O–H groups in total. The van der Waals surface area contributed by atoms with Crippen LogP contribution in [0, 0.1) is 24.1 Å². The number of aryl methyl sites for hydroxylation is 1. The van der Waals surface area contributed by atoms with E-state index in [4.69, 9.17) is 5.26 Å². The van der Waals surface area contributed by atoms with Crippen LogP contribution < -0.4 is 5.32 Å². The Morgan fingerprint density at radius 3 is 2.64 bits per heavy atom. The van der Waals surface area contributed by atoms with Crippen LogP contribution in [0.1, 0.15) is 11.1 Å². The van der Waals surface area contributed by atoms with Crippen molar-refractivity contribution in [3.63, 3.8) is 0 Å². The minimum Gasteiger partial charge on any atom is -0.369 e. The second-order valence-corrected chi connectivity index (χ2v) is 8.39. The van der Waals surface area contributed by atoms with Gasteiger partial charge in [0.25, 0.3) is 0 Å². The summed E-state index contributed by atoms with van der Waals surface area (Å²) >= 11 is 0. The molecule has 0 aliphatic carbocycles. The Hall–Kier alpha value is -4.05. The van der Waals surface area contributed by atoms with Gasteiger partial charge in [-0.05, 0) is 24.6 Å². The predicted octanol–water partition coefficient (Wildman–Crippen LogP) is 4.75. The number of anilines is 1. The Balaban J connectivity index is 1.65. The van der Waals surface area contributed by atoms with E-state index < -0.39 is 0 Å². The number of halogens is 1. The van der Waals surface area contributed by atoms with Crippen molar-refractivity contribution < 1.29 is 4.39 Å². The van der Waals surface area contributed by atoms with Gasteiger partial charge in [-0.25, -0.2) is 8.91 Å². The van der Waals surface area contributed by atoms with E-state index in [1.165, 1.54) is 0 Å². The zero-order chi connectivity index (χ0) is 23.3. The van der Waals surface area contributed by atoms with E-state index in [1.807, 2.05) is 29.6 Å². The van der Waals surface area contributed by atoms with E-state index >= 15 is 4.39 Å². The zero-order valence-corrected chi connectivity index (χ0v) is 18.7. The molecule has 0 saturated carbocycles. The molecule has 0 spiro atoms. The molecule has 0 unspecified atom stereocenters. The highest BCUT2D eigenvalue weighted by Gasteiger charge is 2.26. The topological polar surface area (TPSA) is 59.6 Å². The molecule has 7 heteroatoms. The van der Waals surface area contributed by atoms with Crippen molar-refractivity contribution in [3.05, 3.63) is 72.8 Å². The maximum Gasteiger partial charge on any atom is 0.157 e. The van der Waals surface area contributed by atoms with Gasteiger partial charge in [0.2, 0.25) is 0 Å². The number of fused-ring (bicyclic) bond motifs is 3. The van der Waals surface area contributed by atoms with Crippen LogP contribution in [-0.2, 0) is 0 Å². The lowest BCUT2D eigenvalue weighted by atomic mass is 10.0. The Bertz CT molecular complexity index is 1470. The zero-order valence-electron chi connectivity index (χ0n) is 18.7. The lowest BCUT2D eigenvalue weighted by Crippen LogP contribution is -2.44. The first kappa shape index (κ1) is 20.8. The summed E-state index contributed by atoms with van der Waals surface area (Å²) in [6.07, 6.45) is 3.57. The SMILES string of the molecule is C=CC(=C)N1CCN(C(=C)c2cc3c(c(F)c2NCC#N)c2c(C)ccc4cnn3c42)CC1. The Morgan fingerprint density at radius 1 is 1.21 bits per heavy atom. The number of piperazine rings is 1. The Labute approximate surface area is 191 Å². The van der Waals surface area contributed by atoms with Gasteiger partial charge in [0, 0.05) is 59.3 Å². The third-order valence-electron chi connectivity index (χ3n) is 6.62. The summed E-state index contributed by atoms with van der Waals surface area (Å²) in [7, 11) is 0. The molecule has 0 atom stereocenters. The molecule has 166 valence electrons. The van der Waals surface area contributed by atoms with E-state index in [2.05, 4.69) is 46.0 Å². The van der Waals surface area contributed by atoms with Gasteiger partial charge in [0.05, 0.1) is 29.0 Å². The summed E-state index contributed by atoms with van der Waals surface area (Å²) in [6, 6.07) is 8.00. The fourth-order valence-corrected chi connectivity index (χ4v) is 4.85. The molecule has 4 aromatic rings. The van der Waals surface area contributed by atoms with E-state index in [-0.39, 0.29) is 12.4 Å². The number of benzene rings is 2. The molecule has 3 heterocycles. The maximum absolute atomic E-state index is 16.1. The first-order chi connectivity index (χ1) is 16.0. The predicted molar refractivity (Wildman–Crippen MR) is 132 cm³/mol. The van der Waals surface area contributed by atoms with Crippen molar-refractivity contribution in [2.75, 3.05) is 38.0 Å². The largest absolute Gasteiger partial charge is 0.369 e. The number of nitriles is 1. The summed E-state index contributed by atoms with van der Waals surface area (Å²) < 4.78 is 18.0. The molecule has 0 amide bonds. The van der Waals surface area contributed by atoms with Crippen LogP contribution in [0.15, 0.2) is 55.9 Å². The second kappa shape index (κ2) is 7.82. The monoisotopic (exact) mass is 440 g/mol. The van der Waals surface area contributed by atoms with Gasteiger partial charge in [-0.1, -0.05) is 31.9 Å². The molecule has 0 radical (unpaired) electrons. The van der Waals surface area contributed by atoms with Crippen LogP contribution >= 0.6 is 0 Å². The fraction of sp³-hybridized carbons (Fsp3) is 0.231. The minimum absolute atomic E-state index is 0.00330. The van der Waals surface area contributed by atoms with Crippen molar-refractivity contribution in [2.24, 2.45) is 0 Å². The lowest BCUT2D eigenvalue weighted by Gasteiger charge is -2.38. The van der Waals surface area contributed by atoms with Crippen LogP contribution in [0.2, 0.25) is 0 Å². The van der Waals surface area contributed by atoms with Crippen molar-refractivity contribution in [1.29, 1.82) is 5.26 Å². The third-order valence-corrected chi connectivity index (χ3v) is 6.62. The summed E-state index contributed by atoms with van der Waals surface area (Å²) in [5.74, 6) is -0.376. The number of allylic oxidation sites excluding steroid dienone is 1. The van der Waals surface area contributed by atoms with Crippen LogP contribution in [0.25, 0.3) is 32.9 Å². The molecular weight excluding hydrogens is 415 g/mol. The fourth-order valence-electron chi connectivity index (χ4n) is 4.85. The highest BCUT2D eigenvalue weighted by molar-refractivity contribution is 6.16. The van der Waals surface area contributed by atoms with Crippen molar-refractivity contribution in [2.45, 2.75) is 6.92 Å². The van der Waals surface area contributed by atoms with Crippen molar-refractivity contribution in [3.8, 4) is 6.07 Å². The normalized spacial score (nSPS) is 14.2. The summed E-state index contributed by atoms with van der Waals surface area (Å²) in [5, 5.41) is 19.0. The molecule has 2 aromatic carbocycles. The minimum atomic E-state index is -0.376. The van der Waals surface area contributed by atoms with Crippen LogP contribution in [0.4, 0.5) is 10.1 Å². The van der Waals surface area contributed by atoms with Crippen LogP contribution in [0.3, 0.4) is 0 Å². The van der Waals surface area contributed by atoms with Gasteiger partial charge >= 0.3 is 0 Å². The maximum atomic E-state index is 16.1. The average Bonchev–Trinajstić information content (AvgIpc) is 3.41. The van der Waals surface area contributed by atoms with Gasteiger partial charge in [-0.3, -0.25) is 0 Å². The molecule has 1 fully saturated rings. The van der Waals surface area contributed by atoms with E-state index in [9.17, 15) is 0 Å². The van der Waals surface area contributed by atoms with Gasteiger partial charge in [-0.15, -0.1) is 0 Å². The summed E-state index contributed by atoms with van der Waals surface area (Å²) in [4.78, 5) is 4.33. The van der Waals surface area contributed by atoms with Crippen LogP contribution in [-0.4, -0.2) is 52.1 Å². The molecule has 1 aliphatic heterocycles. The highest BCUT2D eigenvalue weighted by atomic mass is 19.1. The smallest absolute Gasteiger partial charge is 0.157 e.